The monoisotopic (exact) mass is 656 g/mol. The first-order valence-electron chi connectivity index (χ1n) is 16.3. The van der Waals surface area contributed by atoms with Gasteiger partial charge in [0.2, 0.25) is 11.8 Å². The van der Waals surface area contributed by atoms with Crippen molar-refractivity contribution < 1.29 is 19.1 Å². The average molecular weight is 657 g/mol. The van der Waals surface area contributed by atoms with Gasteiger partial charge >= 0.3 is 6.09 Å². The van der Waals surface area contributed by atoms with E-state index >= 15 is 0 Å². The Morgan fingerprint density at radius 2 is 1.47 bits per heavy atom. The van der Waals surface area contributed by atoms with Gasteiger partial charge in [-0.15, -0.1) is 0 Å². The number of nitrogens with one attached hydrogen (secondary N) is 5. The fourth-order valence-electron chi connectivity index (χ4n) is 5.82. The molecule has 5 N–H and O–H groups in total. The van der Waals surface area contributed by atoms with Gasteiger partial charge in [0.25, 0.3) is 0 Å². The largest absolute Gasteiger partial charge is 0.444 e. The summed E-state index contributed by atoms with van der Waals surface area (Å²) in [6.45, 7) is 5.55. The lowest BCUT2D eigenvalue weighted by Crippen LogP contribution is -2.55. The van der Waals surface area contributed by atoms with Crippen molar-refractivity contribution in [1.29, 1.82) is 0 Å². The second-order valence-electron chi connectivity index (χ2n) is 13.0. The number of carbonyl (C=O) groups is 3. The number of aromatic nitrogens is 3. The number of benzene rings is 4. The van der Waals surface area contributed by atoms with Gasteiger partial charge in [-0.3, -0.25) is 9.59 Å². The molecule has 10 nitrogen and oxygen atoms in total. The lowest BCUT2D eigenvalue weighted by molar-refractivity contribution is -0.130. The van der Waals surface area contributed by atoms with Crippen LogP contribution in [0.1, 0.15) is 37.6 Å². The van der Waals surface area contributed by atoms with Crippen molar-refractivity contribution in [3.8, 4) is 11.4 Å². The molecule has 2 heterocycles. The quantitative estimate of drug-likeness (QED) is 0.113. The lowest BCUT2D eigenvalue weighted by Gasteiger charge is -2.25. The molecule has 2 atom stereocenters. The number of fused-ring (bicyclic) bond motifs is 2. The summed E-state index contributed by atoms with van der Waals surface area (Å²) in [5.41, 5.74) is 3.49. The van der Waals surface area contributed by atoms with Crippen LogP contribution < -0.4 is 16.0 Å². The Kier molecular flexibility index (Phi) is 9.75. The molecule has 6 rings (SSSR count). The van der Waals surface area contributed by atoms with E-state index in [9.17, 15) is 14.4 Å². The summed E-state index contributed by atoms with van der Waals surface area (Å²) >= 11 is 0. The SMILES string of the molecule is CC(C)(C)OC(=O)N[C@@H](Cc1c[nH]c2ccccc12)C(=O)N[C@@H](Cc1cnc(-c2cccc3ccccc23)[nH]1)C(=O)NCc1ccccc1. The number of imidazole rings is 1. The molecule has 2 aromatic heterocycles. The van der Waals surface area contributed by atoms with E-state index in [1.807, 2.05) is 103 Å². The smallest absolute Gasteiger partial charge is 0.408 e. The summed E-state index contributed by atoms with van der Waals surface area (Å²) in [7, 11) is 0. The van der Waals surface area contributed by atoms with Crippen LogP contribution >= 0.6 is 0 Å². The zero-order valence-corrected chi connectivity index (χ0v) is 27.7. The number of H-pyrrole nitrogens is 2. The number of ether oxygens (including phenoxy) is 1. The predicted molar refractivity (Wildman–Crippen MR) is 191 cm³/mol. The van der Waals surface area contributed by atoms with Gasteiger partial charge in [-0.25, -0.2) is 9.78 Å². The van der Waals surface area contributed by atoms with Crippen LogP contribution in [-0.4, -0.2) is 50.5 Å². The number of carbonyl (C=O) groups excluding carboxylic acids is 3. The Morgan fingerprint density at radius 1 is 0.776 bits per heavy atom. The highest BCUT2D eigenvalue weighted by molar-refractivity contribution is 5.95. The summed E-state index contributed by atoms with van der Waals surface area (Å²) < 4.78 is 5.51. The zero-order chi connectivity index (χ0) is 34.4. The van der Waals surface area contributed by atoms with Crippen LogP contribution in [0.2, 0.25) is 0 Å². The third-order valence-electron chi connectivity index (χ3n) is 8.15. The van der Waals surface area contributed by atoms with Crippen molar-refractivity contribution in [1.82, 2.24) is 30.9 Å². The maximum absolute atomic E-state index is 14.1. The molecule has 0 saturated carbocycles. The number of nitrogens with zero attached hydrogens (tertiary/aromatic N) is 1. The van der Waals surface area contributed by atoms with E-state index in [1.54, 1.807) is 27.0 Å². The minimum atomic E-state index is -1.04. The fraction of sp³-hybridized carbons (Fsp3) is 0.231. The molecule has 0 unspecified atom stereocenters. The molecule has 0 aliphatic rings. The van der Waals surface area contributed by atoms with Crippen LogP contribution in [0.25, 0.3) is 33.1 Å². The van der Waals surface area contributed by atoms with Gasteiger partial charge in [-0.05, 0) is 48.7 Å². The van der Waals surface area contributed by atoms with Crippen molar-refractivity contribution in [2.24, 2.45) is 0 Å². The number of aromatic amines is 2. The number of hydrogen-bond donors (Lipinski definition) is 5. The molecule has 0 bridgehead atoms. The number of hydrogen-bond acceptors (Lipinski definition) is 5. The first-order valence-corrected chi connectivity index (χ1v) is 16.3. The highest BCUT2D eigenvalue weighted by Gasteiger charge is 2.30. The van der Waals surface area contributed by atoms with Crippen molar-refractivity contribution in [2.75, 3.05) is 0 Å². The molecule has 0 aliphatic carbocycles. The van der Waals surface area contributed by atoms with Crippen LogP contribution in [0.3, 0.4) is 0 Å². The van der Waals surface area contributed by atoms with Gasteiger partial charge in [0.1, 0.15) is 23.5 Å². The summed E-state index contributed by atoms with van der Waals surface area (Å²) in [5, 5.41) is 11.7. The molecular formula is C39H40N6O4. The van der Waals surface area contributed by atoms with Gasteiger partial charge in [0.05, 0.1) is 0 Å². The van der Waals surface area contributed by atoms with Gasteiger partial charge < -0.3 is 30.7 Å². The molecule has 3 amide bonds. The average Bonchev–Trinajstić information content (AvgIpc) is 3.73. The second-order valence-corrected chi connectivity index (χ2v) is 13.0. The molecule has 0 spiro atoms. The summed E-state index contributed by atoms with van der Waals surface area (Å²) in [6, 6.07) is 29.3. The third-order valence-corrected chi connectivity index (χ3v) is 8.15. The Bertz CT molecular complexity index is 2070. The molecule has 0 aliphatic heterocycles. The molecule has 49 heavy (non-hydrogen) atoms. The van der Waals surface area contributed by atoms with Gasteiger partial charge in [0, 0.05) is 53.9 Å². The molecule has 10 heteroatoms. The topological polar surface area (TPSA) is 141 Å². The van der Waals surface area contributed by atoms with Crippen molar-refractivity contribution in [3.05, 3.63) is 126 Å². The second kappa shape index (κ2) is 14.5. The highest BCUT2D eigenvalue weighted by Crippen LogP contribution is 2.27. The number of rotatable bonds is 11. The van der Waals surface area contributed by atoms with E-state index < -0.39 is 29.7 Å². The standard InChI is InChI=1S/C39H40N6O4/c1-39(2,3)49-38(48)45-33(20-27-23-40-32-19-10-9-17-30(27)32)37(47)44-34(36(46)42-22-25-12-5-4-6-13-25)21-28-24-41-35(43-28)31-18-11-15-26-14-7-8-16-29(26)31/h4-19,23-24,33-34,40H,20-22H2,1-3H3,(H,41,43)(H,42,46)(H,44,47)(H,45,48)/t33-,34-/m0/s1. The van der Waals surface area contributed by atoms with Gasteiger partial charge in [0.15, 0.2) is 0 Å². The minimum absolute atomic E-state index is 0.135. The van der Waals surface area contributed by atoms with E-state index in [0.717, 1.165) is 38.4 Å². The summed E-state index contributed by atoms with van der Waals surface area (Å²) in [4.78, 5) is 52.0. The van der Waals surface area contributed by atoms with Crippen LogP contribution in [0.5, 0.6) is 0 Å². The Morgan fingerprint density at radius 3 is 2.27 bits per heavy atom. The normalized spacial score (nSPS) is 12.7. The Labute approximate surface area is 284 Å². The molecule has 0 saturated heterocycles. The highest BCUT2D eigenvalue weighted by atomic mass is 16.6. The van der Waals surface area contributed by atoms with E-state index in [2.05, 4.69) is 30.9 Å². The maximum Gasteiger partial charge on any atom is 0.408 e. The first kappa shape index (κ1) is 33.0. The fourth-order valence-corrected chi connectivity index (χ4v) is 5.82. The van der Waals surface area contributed by atoms with Crippen LogP contribution in [0, 0.1) is 0 Å². The van der Waals surface area contributed by atoms with Gasteiger partial charge in [-0.1, -0.05) is 91.0 Å². The number of para-hydroxylation sites is 1. The first-order chi connectivity index (χ1) is 23.6. The molecule has 0 fully saturated rings. The molecule has 250 valence electrons. The molecule has 4 aromatic carbocycles. The van der Waals surface area contributed by atoms with Crippen molar-refractivity contribution in [2.45, 2.75) is 57.8 Å². The van der Waals surface area contributed by atoms with E-state index in [-0.39, 0.29) is 25.3 Å². The zero-order valence-electron chi connectivity index (χ0n) is 27.7. The molecule has 6 aromatic rings. The molecule has 0 radical (unpaired) electrons. The van der Waals surface area contributed by atoms with Crippen molar-refractivity contribution in [3.63, 3.8) is 0 Å². The van der Waals surface area contributed by atoms with Crippen LogP contribution in [-0.2, 0) is 33.7 Å². The number of amides is 3. The molecular weight excluding hydrogens is 616 g/mol. The maximum atomic E-state index is 14.1. The number of alkyl carbamates (subject to hydrolysis) is 1. The van der Waals surface area contributed by atoms with E-state index in [0.29, 0.717) is 11.5 Å². The minimum Gasteiger partial charge on any atom is -0.444 e. The Balaban J connectivity index is 1.26. The van der Waals surface area contributed by atoms with Gasteiger partial charge in [-0.2, -0.15) is 0 Å². The predicted octanol–water partition coefficient (Wildman–Crippen LogP) is 6.19. The summed E-state index contributed by atoms with van der Waals surface area (Å²) in [6.07, 6.45) is 3.08. The Hall–Kier alpha value is -5.90. The summed E-state index contributed by atoms with van der Waals surface area (Å²) in [5.74, 6) is -0.239. The van der Waals surface area contributed by atoms with E-state index in [4.69, 9.17) is 4.74 Å². The van der Waals surface area contributed by atoms with Crippen LogP contribution in [0.4, 0.5) is 4.79 Å². The van der Waals surface area contributed by atoms with Crippen molar-refractivity contribution >= 4 is 39.6 Å². The van der Waals surface area contributed by atoms with Crippen LogP contribution in [0.15, 0.2) is 109 Å². The van der Waals surface area contributed by atoms with E-state index in [1.165, 1.54) is 0 Å². The lowest BCUT2D eigenvalue weighted by atomic mass is 10.0. The third kappa shape index (κ3) is 8.34.